The molecule has 0 amide bonds. The van der Waals surface area contributed by atoms with Crippen LogP contribution in [-0.2, 0) is 6.54 Å². The van der Waals surface area contributed by atoms with Crippen molar-refractivity contribution in [2.75, 3.05) is 37.0 Å². The number of hydrogen-bond acceptors (Lipinski definition) is 6. The van der Waals surface area contributed by atoms with Crippen LogP contribution in [0.25, 0.3) is 0 Å². The molecule has 0 bridgehead atoms. The predicted octanol–water partition coefficient (Wildman–Crippen LogP) is 4.27. The van der Waals surface area contributed by atoms with Crippen LogP contribution >= 0.6 is 0 Å². The quantitative estimate of drug-likeness (QED) is 0.600. The van der Waals surface area contributed by atoms with E-state index in [0.717, 1.165) is 36.7 Å². The Kier molecular flexibility index (Phi) is 9.03. The normalized spacial score (nSPS) is 21.2. The Hall–Kier alpha value is -2.65. The van der Waals surface area contributed by atoms with Gasteiger partial charge in [0.25, 0.3) is 0 Å². The van der Waals surface area contributed by atoms with Crippen molar-refractivity contribution in [3.05, 3.63) is 47.9 Å². The van der Waals surface area contributed by atoms with E-state index in [2.05, 4.69) is 90.8 Å². The summed E-state index contributed by atoms with van der Waals surface area (Å²) >= 11 is 0. The summed E-state index contributed by atoms with van der Waals surface area (Å²) in [5, 5.41) is 16.6. The predicted molar refractivity (Wildman–Crippen MR) is 137 cm³/mol. The molecule has 1 aromatic carbocycles. The number of allylic oxidation sites excluding steroid dienone is 2. The Morgan fingerprint density at radius 1 is 1.31 bits per heavy atom. The number of piperazine rings is 1. The summed E-state index contributed by atoms with van der Waals surface area (Å²) in [4.78, 5) is 6.89. The number of anilines is 2. The Bertz CT molecular complexity index is 844. The second-order valence-electron chi connectivity index (χ2n) is 9.27. The van der Waals surface area contributed by atoms with E-state index in [9.17, 15) is 5.26 Å². The molecule has 1 saturated heterocycles. The molecule has 0 spiro atoms. The summed E-state index contributed by atoms with van der Waals surface area (Å²) in [6.45, 7) is 19.5. The minimum Gasteiger partial charge on any atom is -0.390 e. The Morgan fingerprint density at radius 3 is 2.47 bits per heavy atom. The van der Waals surface area contributed by atoms with E-state index >= 15 is 0 Å². The van der Waals surface area contributed by atoms with Crippen molar-refractivity contribution in [2.24, 2.45) is 5.92 Å². The lowest BCUT2D eigenvalue weighted by atomic mass is 9.99. The molecule has 1 aliphatic heterocycles. The zero-order chi connectivity index (χ0) is 24.0. The third kappa shape index (κ3) is 5.98. The molecule has 0 radical (unpaired) electrons. The number of rotatable bonds is 9. The first-order chi connectivity index (χ1) is 15.1. The van der Waals surface area contributed by atoms with Gasteiger partial charge in [-0.25, -0.2) is 0 Å². The molecule has 0 aromatic heterocycles. The summed E-state index contributed by atoms with van der Waals surface area (Å²) in [6, 6.07) is 10.2. The van der Waals surface area contributed by atoms with E-state index < -0.39 is 0 Å². The van der Waals surface area contributed by atoms with Crippen molar-refractivity contribution in [3.63, 3.8) is 0 Å². The fourth-order valence-electron chi connectivity index (χ4n) is 4.40. The van der Waals surface area contributed by atoms with Gasteiger partial charge >= 0.3 is 0 Å². The molecule has 0 aliphatic carbocycles. The highest BCUT2D eigenvalue weighted by molar-refractivity contribution is 5.65. The molecule has 6 heteroatoms. The van der Waals surface area contributed by atoms with Gasteiger partial charge in [-0.3, -0.25) is 0 Å². The summed E-state index contributed by atoms with van der Waals surface area (Å²) in [6.07, 6.45) is 1.86. The zero-order valence-corrected chi connectivity index (χ0v) is 21.2. The smallest absolute Gasteiger partial charge is 0.0674 e. The van der Waals surface area contributed by atoms with Crippen molar-refractivity contribution >= 4 is 11.4 Å². The lowest BCUT2D eigenvalue weighted by molar-refractivity contribution is 0.406. The lowest BCUT2D eigenvalue weighted by Gasteiger charge is -2.39. The molecule has 1 fully saturated rings. The number of benzene rings is 1. The highest BCUT2D eigenvalue weighted by Crippen LogP contribution is 2.34. The van der Waals surface area contributed by atoms with Gasteiger partial charge in [-0.2, -0.15) is 5.26 Å². The summed E-state index contributed by atoms with van der Waals surface area (Å²) in [7, 11) is 3.99. The molecule has 32 heavy (non-hydrogen) atoms. The summed E-state index contributed by atoms with van der Waals surface area (Å²) in [5.74, 6) is -0.117. The average molecular weight is 439 g/mol. The number of nitrogens with zero attached hydrogens (tertiary/aromatic N) is 4. The van der Waals surface area contributed by atoms with Gasteiger partial charge in [0.15, 0.2) is 0 Å². The van der Waals surface area contributed by atoms with Crippen LogP contribution in [0.4, 0.5) is 11.4 Å². The van der Waals surface area contributed by atoms with Crippen molar-refractivity contribution < 1.29 is 0 Å². The second kappa shape index (κ2) is 11.3. The molecule has 6 nitrogen and oxygen atoms in total. The molecule has 2 rings (SSSR count). The van der Waals surface area contributed by atoms with E-state index in [1.54, 1.807) is 0 Å². The maximum Gasteiger partial charge on any atom is 0.0674 e. The molecule has 1 aliphatic rings. The first-order valence-corrected chi connectivity index (χ1v) is 11.6. The van der Waals surface area contributed by atoms with Gasteiger partial charge < -0.3 is 25.3 Å². The summed E-state index contributed by atoms with van der Waals surface area (Å²) in [5.41, 5.74) is 5.83. The van der Waals surface area contributed by atoms with Gasteiger partial charge in [-0.15, -0.1) is 0 Å². The zero-order valence-electron chi connectivity index (χ0n) is 21.2. The van der Waals surface area contributed by atoms with Crippen molar-refractivity contribution in [1.29, 1.82) is 5.26 Å². The van der Waals surface area contributed by atoms with E-state index in [0.29, 0.717) is 12.1 Å². The number of hydrogen-bond donors (Lipinski definition) is 2. The molecule has 1 heterocycles. The molecule has 4 atom stereocenters. The third-order valence-corrected chi connectivity index (χ3v) is 6.59. The molecule has 0 saturated carbocycles. The second-order valence-corrected chi connectivity index (χ2v) is 9.27. The van der Waals surface area contributed by atoms with Crippen LogP contribution in [0.2, 0.25) is 0 Å². The maximum atomic E-state index is 9.65. The average Bonchev–Trinajstić information content (AvgIpc) is 2.77. The molecule has 176 valence electrons. The van der Waals surface area contributed by atoms with Crippen LogP contribution in [-0.4, -0.2) is 50.2 Å². The molecular formula is C26H42N6. The largest absolute Gasteiger partial charge is 0.390 e. The van der Waals surface area contributed by atoms with Gasteiger partial charge in [-0.05, 0) is 71.5 Å². The van der Waals surface area contributed by atoms with Gasteiger partial charge in [0, 0.05) is 74.6 Å². The SMILES string of the molecule is C=CN(C)Cc1cc(N2CC(C)NC(C)C2)ccc1N(/C(C)=C(/C)NC)C(C)C(C)C#N. The monoisotopic (exact) mass is 438 g/mol. The first kappa shape index (κ1) is 25.6. The van der Waals surface area contributed by atoms with Gasteiger partial charge in [0.05, 0.1) is 12.0 Å². The maximum absolute atomic E-state index is 9.65. The minimum atomic E-state index is -0.117. The Labute approximate surface area is 195 Å². The van der Waals surface area contributed by atoms with E-state index in [1.165, 1.54) is 11.3 Å². The molecule has 4 unspecified atom stereocenters. The van der Waals surface area contributed by atoms with Gasteiger partial charge in [0.2, 0.25) is 0 Å². The van der Waals surface area contributed by atoms with Crippen molar-refractivity contribution in [1.82, 2.24) is 15.5 Å². The Balaban J connectivity index is 2.61. The first-order valence-electron chi connectivity index (χ1n) is 11.6. The minimum absolute atomic E-state index is 0.0289. The van der Waals surface area contributed by atoms with Crippen LogP contribution in [0.15, 0.2) is 42.4 Å². The van der Waals surface area contributed by atoms with E-state index in [1.807, 2.05) is 27.2 Å². The van der Waals surface area contributed by atoms with Crippen molar-refractivity contribution in [3.8, 4) is 6.07 Å². The van der Waals surface area contributed by atoms with E-state index in [4.69, 9.17) is 0 Å². The highest BCUT2D eigenvalue weighted by Gasteiger charge is 2.27. The van der Waals surface area contributed by atoms with Crippen LogP contribution in [0.5, 0.6) is 0 Å². The van der Waals surface area contributed by atoms with E-state index in [-0.39, 0.29) is 12.0 Å². The van der Waals surface area contributed by atoms with Gasteiger partial charge in [0.1, 0.15) is 0 Å². The lowest BCUT2D eigenvalue weighted by Crippen LogP contribution is -2.54. The number of nitrogens with one attached hydrogen (secondary N) is 2. The molecule has 1 aromatic rings. The number of nitriles is 1. The molecule has 2 N–H and O–H groups in total. The summed E-state index contributed by atoms with van der Waals surface area (Å²) < 4.78 is 0. The standard InChI is InChI=1S/C26H42N6/c1-10-30(9)17-24-13-25(31-15-19(3)29-20(4)16-31)11-12-26(24)32(22(6)18(2)14-27)23(7)21(5)28-8/h10-13,18-20,22,28-29H,1,15-17H2,2-9H3/b23-21-. The highest BCUT2D eigenvalue weighted by atomic mass is 15.2. The van der Waals surface area contributed by atoms with Gasteiger partial charge in [-0.1, -0.05) is 6.58 Å². The van der Waals surface area contributed by atoms with Crippen LogP contribution < -0.4 is 20.4 Å². The fourth-order valence-corrected chi connectivity index (χ4v) is 4.40. The Morgan fingerprint density at radius 2 is 1.94 bits per heavy atom. The van der Waals surface area contributed by atoms with Crippen LogP contribution in [0.3, 0.4) is 0 Å². The van der Waals surface area contributed by atoms with Crippen LogP contribution in [0.1, 0.15) is 47.1 Å². The van der Waals surface area contributed by atoms with Crippen molar-refractivity contribution in [2.45, 2.75) is 66.2 Å². The topological polar surface area (TPSA) is 57.6 Å². The van der Waals surface area contributed by atoms with Crippen LogP contribution in [0, 0.1) is 17.2 Å². The molecular weight excluding hydrogens is 396 g/mol. The fraction of sp³-hybridized carbons (Fsp3) is 0.577. The third-order valence-electron chi connectivity index (χ3n) is 6.59.